The molecular weight excluding hydrogens is 340 g/mol. The first-order valence-electron chi connectivity index (χ1n) is 7.73. The van der Waals surface area contributed by atoms with Crippen molar-refractivity contribution in [2.45, 2.75) is 13.0 Å². The molecule has 0 unspecified atom stereocenters. The van der Waals surface area contributed by atoms with Gasteiger partial charge >= 0.3 is 5.63 Å². The normalized spacial score (nSPS) is 10.6. The zero-order valence-corrected chi connectivity index (χ0v) is 14.5. The van der Waals surface area contributed by atoms with E-state index >= 15 is 0 Å². The highest BCUT2D eigenvalue weighted by molar-refractivity contribution is 6.30. The van der Waals surface area contributed by atoms with Crippen LogP contribution in [0.3, 0.4) is 0 Å². The molecule has 0 spiro atoms. The van der Waals surface area contributed by atoms with Crippen molar-refractivity contribution in [3.05, 3.63) is 81.7 Å². The van der Waals surface area contributed by atoms with Gasteiger partial charge in [-0.3, -0.25) is 0 Å². The van der Waals surface area contributed by atoms with Crippen LogP contribution in [0.25, 0.3) is 11.0 Å². The lowest BCUT2D eigenvalue weighted by molar-refractivity contribution is 0.306. The minimum absolute atomic E-state index is 0.227. The van der Waals surface area contributed by atoms with Crippen molar-refractivity contribution in [2.75, 3.05) is 7.11 Å². The number of allylic oxidation sites excluding steroid dienone is 1. The summed E-state index contributed by atoms with van der Waals surface area (Å²) in [6, 6.07) is 12.3. The van der Waals surface area contributed by atoms with Crippen LogP contribution >= 0.6 is 11.6 Å². The van der Waals surface area contributed by atoms with Crippen LogP contribution in [-0.2, 0) is 13.0 Å². The molecule has 0 aliphatic heterocycles. The van der Waals surface area contributed by atoms with Crippen LogP contribution in [0.5, 0.6) is 11.5 Å². The maximum atomic E-state index is 11.9. The highest BCUT2D eigenvalue weighted by Gasteiger charge is 2.13. The Kier molecular flexibility index (Phi) is 5.10. The van der Waals surface area contributed by atoms with Gasteiger partial charge in [0.15, 0.2) is 11.3 Å². The summed E-state index contributed by atoms with van der Waals surface area (Å²) < 4.78 is 16.5. The molecule has 25 heavy (non-hydrogen) atoms. The van der Waals surface area contributed by atoms with E-state index < -0.39 is 5.63 Å². The lowest BCUT2D eigenvalue weighted by atomic mass is 10.0. The molecule has 3 rings (SSSR count). The van der Waals surface area contributed by atoms with Gasteiger partial charge in [0.25, 0.3) is 0 Å². The van der Waals surface area contributed by atoms with Gasteiger partial charge in [-0.2, -0.15) is 0 Å². The minimum Gasteiger partial charge on any atom is -0.493 e. The quantitative estimate of drug-likeness (QED) is 0.472. The molecule has 0 bridgehead atoms. The first-order valence-corrected chi connectivity index (χ1v) is 8.11. The molecule has 0 aliphatic carbocycles. The van der Waals surface area contributed by atoms with E-state index in [0.29, 0.717) is 28.5 Å². The molecule has 0 radical (unpaired) electrons. The molecule has 4 nitrogen and oxygen atoms in total. The zero-order chi connectivity index (χ0) is 17.8. The molecular formula is C20H17ClO4. The van der Waals surface area contributed by atoms with Gasteiger partial charge in [0.05, 0.1) is 7.11 Å². The van der Waals surface area contributed by atoms with E-state index in [4.69, 9.17) is 25.5 Å². The predicted octanol–water partition coefficient (Wildman–Crippen LogP) is 4.76. The maximum absolute atomic E-state index is 11.9. The zero-order valence-electron chi connectivity index (χ0n) is 13.8. The summed E-state index contributed by atoms with van der Waals surface area (Å²) in [6.45, 7) is 3.99. The maximum Gasteiger partial charge on any atom is 0.336 e. The number of benzene rings is 2. The third-order valence-electron chi connectivity index (χ3n) is 3.76. The fourth-order valence-electron chi connectivity index (χ4n) is 2.60. The Morgan fingerprint density at radius 2 is 1.96 bits per heavy atom. The third-order valence-corrected chi connectivity index (χ3v) is 4.02. The average Bonchev–Trinajstić information content (AvgIpc) is 2.61. The van der Waals surface area contributed by atoms with Crippen LogP contribution in [0.2, 0.25) is 5.02 Å². The molecule has 5 heteroatoms. The monoisotopic (exact) mass is 356 g/mol. The van der Waals surface area contributed by atoms with Crippen molar-refractivity contribution in [3.63, 3.8) is 0 Å². The fraction of sp³-hybridized carbons (Fsp3) is 0.150. The van der Waals surface area contributed by atoms with Crippen molar-refractivity contribution in [2.24, 2.45) is 0 Å². The number of fused-ring (bicyclic) bond motifs is 1. The van der Waals surface area contributed by atoms with Crippen molar-refractivity contribution >= 4 is 22.6 Å². The van der Waals surface area contributed by atoms with Gasteiger partial charge in [-0.15, -0.1) is 6.58 Å². The van der Waals surface area contributed by atoms with Gasteiger partial charge in [0.1, 0.15) is 12.4 Å². The number of hydrogen-bond donors (Lipinski definition) is 0. The SMILES string of the molecule is C=CCc1cc(OC)c2oc(=O)cc(COc3ccc(Cl)cc3)c2c1. The molecule has 1 heterocycles. The topological polar surface area (TPSA) is 48.7 Å². The smallest absolute Gasteiger partial charge is 0.336 e. The lowest BCUT2D eigenvalue weighted by Gasteiger charge is -2.12. The second-order valence-corrected chi connectivity index (χ2v) is 5.94. The Balaban J connectivity index is 2.03. The molecule has 0 saturated heterocycles. The molecule has 128 valence electrons. The second kappa shape index (κ2) is 7.45. The first-order chi connectivity index (χ1) is 12.1. The summed E-state index contributed by atoms with van der Waals surface area (Å²) in [5, 5.41) is 1.42. The Morgan fingerprint density at radius 1 is 1.20 bits per heavy atom. The van der Waals surface area contributed by atoms with Crippen molar-refractivity contribution in [1.82, 2.24) is 0 Å². The third kappa shape index (κ3) is 3.86. The van der Waals surface area contributed by atoms with Gasteiger partial charge in [-0.1, -0.05) is 17.7 Å². The van der Waals surface area contributed by atoms with Gasteiger partial charge < -0.3 is 13.9 Å². The van der Waals surface area contributed by atoms with E-state index in [0.717, 1.165) is 16.5 Å². The van der Waals surface area contributed by atoms with Crippen molar-refractivity contribution in [3.8, 4) is 11.5 Å². The standard InChI is InChI=1S/C20H17ClO4/c1-3-4-13-9-17-14(12-24-16-7-5-15(21)6-8-16)11-19(22)25-20(17)18(10-13)23-2/h3,5-11H,1,4,12H2,2H3. The first kappa shape index (κ1) is 17.1. The number of rotatable bonds is 6. The molecule has 0 atom stereocenters. The van der Waals surface area contributed by atoms with Crippen LogP contribution in [-0.4, -0.2) is 7.11 Å². The molecule has 0 saturated carbocycles. The highest BCUT2D eigenvalue weighted by atomic mass is 35.5. The molecule has 1 aromatic heterocycles. The molecule has 0 fully saturated rings. The summed E-state index contributed by atoms with van der Waals surface area (Å²) in [7, 11) is 1.54. The summed E-state index contributed by atoms with van der Waals surface area (Å²) in [6.07, 6.45) is 2.49. The van der Waals surface area contributed by atoms with Crippen molar-refractivity contribution in [1.29, 1.82) is 0 Å². The molecule has 0 amide bonds. The van der Waals surface area contributed by atoms with Gasteiger partial charge in [-0.25, -0.2) is 4.79 Å². The van der Waals surface area contributed by atoms with Crippen LogP contribution in [0, 0.1) is 0 Å². The largest absolute Gasteiger partial charge is 0.493 e. The predicted molar refractivity (Wildman–Crippen MR) is 98.7 cm³/mol. The van der Waals surface area contributed by atoms with E-state index in [1.165, 1.54) is 6.07 Å². The van der Waals surface area contributed by atoms with Gasteiger partial charge in [0, 0.05) is 22.0 Å². The Hall–Kier alpha value is -2.72. The number of methoxy groups -OCH3 is 1. The Morgan fingerprint density at radius 3 is 2.64 bits per heavy atom. The van der Waals surface area contributed by atoms with Crippen LogP contribution in [0.15, 0.2) is 64.3 Å². The van der Waals surface area contributed by atoms with Crippen LogP contribution in [0.4, 0.5) is 0 Å². The Labute approximate surface area is 150 Å². The minimum atomic E-state index is -0.447. The highest BCUT2D eigenvalue weighted by Crippen LogP contribution is 2.30. The van der Waals surface area contributed by atoms with Gasteiger partial charge in [0.2, 0.25) is 0 Å². The molecule has 0 N–H and O–H groups in total. The van der Waals surface area contributed by atoms with Crippen LogP contribution < -0.4 is 15.1 Å². The van der Waals surface area contributed by atoms with Crippen molar-refractivity contribution < 1.29 is 13.9 Å². The van der Waals surface area contributed by atoms with Crippen LogP contribution in [0.1, 0.15) is 11.1 Å². The second-order valence-electron chi connectivity index (χ2n) is 5.50. The van der Waals surface area contributed by atoms with E-state index in [9.17, 15) is 4.79 Å². The molecule has 3 aromatic rings. The van der Waals surface area contributed by atoms with E-state index in [-0.39, 0.29) is 6.61 Å². The summed E-state index contributed by atoms with van der Waals surface area (Å²) >= 11 is 5.88. The molecule has 2 aromatic carbocycles. The Bertz CT molecular complexity index is 958. The fourth-order valence-corrected chi connectivity index (χ4v) is 2.73. The molecule has 0 aliphatic rings. The number of halogens is 1. The van der Waals surface area contributed by atoms with E-state index in [2.05, 4.69) is 6.58 Å². The van der Waals surface area contributed by atoms with Gasteiger partial charge in [-0.05, 0) is 48.4 Å². The van der Waals surface area contributed by atoms with E-state index in [1.807, 2.05) is 18.2 Å². The summed E-state index contributed by atoms with van der Waals surface area (Å²) in [5.74, 6) is 1.18. The average molecular weight is 357 g/mol. The lowest BCUT2D eigenvalue weighted by Crippen LogP contribution is -2.05. The summed E-state index contributed by atoms with van der Waals surface area (Å²) in [4.78, 5) is 11.9. The number of hydrogen-bond acceptors (Lipinski definition) is 4. The van der Waals surface area contributed by atoms with E-state index in [1.54, 1.807) is 31.4 Å². The number of ether oxygens (including phenoxy) is 2. The summed E-state index contributed by atoms with van der Waals surface area (Å²) in [5.41, 5.74) is 1.71.